The van der Waals surface area contributed by atoms with E-state index in [2.05, 4.69) is 20.6 Å². The van der Waals surface area contributed by atoms with Crippen LogP contribution < -0.4 is 10.6 Å². The molecule has 7 nitrogen and oxygen atoms in total. The number of guanidine groups is 1. The summed E-state index contributed by atoms with van der Waals surface area (Å²) in [5, 5.41) is 6.21. The Bertz CT molecular complexity index is 825. The van der Waals surface area contributed by atoms with Gasteiger partial charge in [-0.25, -0.2) is 17.8 Å². The maximum atomic E-state index is 13.5. The number of hydrogen-bond acceptors (Lipinski definition) is 4. The van der Waals surface area contributed by atoms with Crippen molar-refractivity contribution in [1.29, 1.82) is 0 Å². The van der Waals surface area contributed by atoms with Gasteiger partial charge in [0, 0.05) is 45.3 Å². The van der Waals surface area contributed by atoms with Gasteiger partial charge in [-0.1, -0.05) is 6.07 Å². The lowest BCUT2D eigenvalue weighted by molar-refractivity contribution is 0.599. The zero-order chi connectivity index (χ0) is 18.3. The maximum Gasteiger partial charge on any atom is 0.191 e. The van der Waals surface area contributed by atoms with Crippen LogP contribution in [0.4, 0.5) is 4.39 Å². The van der Waals surface area contributed by atoms with Gasteiger partial charge in [0.05, 0.1) is 12.1 Å². The van der Waals surface area contributed by atoms with E-state index in [1.165, 1.54) is 18.2 Å². The largest absolute Gasteiger partial charge is 0.355 e. The summed E-state index contributed by atoms with van der Waals surface area (Å²) < 4.78 is 38.5. The highest BCUT2D eigenvalue weighted by molar-refractivity contribution is 14.0. The van der Waals surface area contributed by atoms with E-state index in [0.717, 1.165) is 12.8 Å². The van der Waals surface area contributed by atoms with Gasteiger partial charge >= 0.3 is 0 Å². The minimum Gasteiger partial charge on any atom is -0.355 e. The fourth-order valence-electron chi connectivity index (χ4n) is 2.30. The second-order valence-corrected chi connectivity index (χ2v) is 7.78. The molecule has 0 unspecified atom stereocenters. The fourth-order valence-corrected chi connectivity index (χ4v) is 3.15. The van der Waals surface area contributed by atoms with Gasteiger partial charge in [0.15, 0.2) is 15.8 Å². The first-order chi connectivity index (χ1) is 11.9. The standard InChI is InChI=1S/C16H22FN5O2S.HI/c1-18-16(20-6-8-22-7-5-19-12-22)21-10-14-9-15(17)4-3-13(14)11-25(2,23)24;/h3-5,7,9,12H,6,8,10-11H2,1-2H3,(H2,18,20,21);1H. The number of imidazole rings is 1. The van der Waals surface area contributed by atoms with E-state index in [-0.39, 0.29) is 36.3 Å². The molecular weight excluding hydrogens is 472 g/mol. The van der Waals surface area contributed by atoms with Crippen LogP contribution in [-0.4, -0.2) is 43.8 Å². The molecule has 0 saturated carbocycles. The van der Waals surface area contributed by atoms with Crippen LogP contribution in [0.3, 0.4) is 0 Å². The van der Waals surface area contributed by atoms with Crippen LogP contribution in [0.15, 0.2) is 41.9 Å². The summed E-state index contributed by atoms with van der Waals surface area (Å²) in [5.41, 5.74) is 1.16. The number of nitrogens with one attached hydrogen (secondary N) is 2. The van der Waals surface area contributed by atoms with E-state index in [0.29, 0.717) is 23.6 Å². The molecule has 1 heterocycles. The van der Waals surface area contributed by atoms with Gasteiger partial charge in [-0.2, -0.15) is 0 Å². The topological polar surface area (TPSA) is 88.4 Å². The van der Waals surface area contributed by atoms with Crippen LogP contribution in [0.1, 0.15) is 11.1 Å². The molecule has 0 aliphatic carbocycles. The number of rotatable bonds is 7. The number of aromatic nitrogens is 2. The molecule has 2 N–H and O–H groups in total. The van der Waals surface area contributed by atoms with Crippen molar-refractivity contribution in [2.45, 2.75) is 18.8 Å². The Morgan fingerprint density at radius 3 is 2.69 bits per heavy atom. The van der Waals surface area contributed by atoms with Crippen LogP contribution in [0.5, 0.6) is 0 Å². The summed E-state index contributed by atoms with van der Waals surface area (Å²) in [6.45, 7) is 1.63. The quantitative estimate of drug-likeness (QED) is 0.346. The van der Waals surface area contributed by atoms with Gasteiger partial charge in [-0.05, 0) is 23.3 Å². The summed E-state index contributed by atoms with van der Waals surface area (Å²) in [6, 6.07) is 4.11. The predicted molar refractivity (Wildman–Crippen MR) is 111 cm³/mol. The molecule has 0 radical (unpaired) electrons. The van der Waals surface area contributed by atoms with E-state index in [4.69, 9.17) is 0 Å². The zero-order valence-electron chi connectivity index (χ0n) is 14.6. The third-order valence-corrected chi connectivity index (χ3v) is 4.31. The lowest BCUT2D eigenvalue weighted by Crippen LogP contribution is -2.38. The fraction of sp³-hybridized carbons (Fsp3) is 0.375. The van der Waals surface area contributed by atoms with Crippen LogP contribution in [0.25, 0.3) is 0 Å². The van der Waals surface area contributed by atoms with Crippen molar-refractivity contribution in [3.8, 4) is 0 Å². The molecule has 0 saturated heterocycles. The molecule has 0 bridgehead atoms. The Labute approximate surface area is 170 Å². The molecule has 1 aromatic carbocycles. The molecule has 0 aliphatic heterocycles. The van der Waals surface area contributed by atoms with Crippen LogP contribution >= 0.6 is 24.0 Å². The van der Waals surface area contributed by atoms with Crippen molar-refractivity contribution in [3.63, 3.8) is 0 Å². The van der Waals surface area contributed by atoms with E-state index in [1.54, 1.807) is 19.6 Å². The minimum absolute atomic E-state index is 0. The minimum atomic E-state index is -3.20. The Morgan fingerprint density at radius 1 is 1.31 bits per heavy atom. The summed E-state index contributed by atoms with van der Waals surface area (Å²) >= 11 is 0. The van der Waals surface area contributed by atoms with Crippen molar-refractivity contribution < 1.29 is 12.8 Å². The normalized spacial score (nSPS) is 11.7. The Kier molecular flexibility index (Phi) is 8.99. The first-order valence-electron chi connectivity index (χ1n) is 7.72. The van der Waals surface area contributed by atoms with Gasteiger partial charge in [0.25, 0.3) is 0 Å². The van der Waals surface area contributed by atoms with Crippen molar-refractivity contribution >= 4 is 39.8 Å². The first kappa shape index (κ1) is 22.4. The second kappa shape index (κ2) is 10.5. The number of halogens is 2. The van der Waals surface area contributed by atoms with Gasteiger partial charge in [-0.3, -0.25) is 4.99 Å². The molecule has 1 aromatic heterocycles. The zero-order valence-corrected chi connectivity index (χ0v) is 17.8. The van der Waals surface area contributed by atoms with E-state index in [1.807, 2.05) is 10.8 Å². The second-order valence-electron chi connectivity index (χ2n) is 5.64. The predicted octanol–water partition coefficient (Wildman–Crippen LogP) is 1.55. The average Bonchev–Trinajstić information content (AvgIpc) is 3.05. The van der Waals surface area contributed by atoms with Crippen molar-refractivity contribution in [3.05, 3.63) is 53.9 Å². The number of hydrogen-bond donors (Lipinski definition) is 2. The number of sulfone groups is 1. The Balaban J connectivity index is 0.00000338. The average molecular weight is 495 g/mol. The van der Waals surface area contributed by atoms with E-state index >= 15 is 0 Å². The number of aliphatic imine (C=N–C) groups is 1. The summed E-state index contributed by atoms with van der Waals surface area (Å²) in [4.78, 5) is 8.07. The monoisotopic (exact) mass is 495 g/mol. The van der Waals surface area contributed by atoms with Crippen molar-refractivity contribution in [2.24, 2.45) is 4.99 Å². The third-order valence-electron chi connectivity index (χ3n) is 3.48. The molecule has 26 heavy (non-hydrogen) atoms. The van der Waals surface area contributed by atoms with Crippen LogP contribution in [0.2, 0.25) is 0 Å². The molecule has 0 fully saturated rings. The SMILES string of the molecule is CN=C(NCCn1ccnc1)NCc1cc(F)ccc1CS(C)(=O)=O.I. The van der Waals surface area contributed by atoms with Gasteiger partial charge in [0.1, 0.15) is 5.82 Å². The number of nitrogens with zero attached hydrogens (tertiary/aromatic N) is 3. The van der Waals surface area contributed by atoms with Crippen molar-refractivity contribution in [1.82, 2.24) is 20.2 Å². The van der Waals surface area contributed by atoms with Crippen LogP contribution in [-0.2, 0) is 28.7 Å². The molecule has 0 amide bonds. The first-order valence-corrected chi connectivity index (χ1v) is 9.79. The van der Waals surface area contributed by atoms with Crippen LogP contribution in [0, 0.1) is 5.82 Å². The number of benzene rings is 1. The molecule has 10 heteroatoms. The molecule has 0 atom stereocenters. The molecule has 0 spiro atoms. The Morgan fingerprint density at radius 2 is 2.08 bits per heavy atom. The molecule has 2 rings (SSSR count). The summed E-state index contributed by atoms with van der Waals surface area (Å²) in [6.07, 6.45) is 6.45. The molecular formula is C16H23FIN5O2S. The van der Waals surface area contributed by atoms with E-state index in [9.17, 15) is 12.8 Å². The lowest BCUT2D eigenvalue weighted by Gasteiger charge is -2.14. The smallest absolute Gasteiger partial charge is 0.191 e. The van der Waals surface area contributed by atoms with Crippen molar-refractivity contribution in [2.75, 3.05) is 19.8 Å². The van der Waals surface area contributed by atoms with Gasteiger partial charge in [-0.15, -0.1) is 24.0 Å². The molecule has 0 aliphatic rings. The summed E-state index contributed by atoms with van der Waals surface area (Å²) in [7, 11) is -1.57. The lowest BCUT2D eigenvalue weighted by atomic mass is 10.1. The highest BCUT2D eigenvalue weighted by atomic mass is 127. The Hall–Kier alpha value is -1.69. The summed E-state index contributed by atoms with van der Waals surface area (Å²) in [5.74, 6) is 0.0172. The highest BCUT2D eigenvalue weighted by Crippen LogP contribution is 2.14. The maximum absolute atomic E-state index is 13.5. The molecule has 2 aromatic rings. The van der Waals surface area contributed by atoms with Gasteiger partial charge < -0.3 is 15.2 Å². The van der Waals surface area contributed by atoms with Gasteiger partial charge in [0.2, 0.25) is 0 Å². The molecule has 144 valence electrons. The van der Waals surface area contributed by atoms with E-state index < -0.39 is 15.7 Å². The third kappa shape index (κ3) is 7.68. The highest BCUT2D eigenvalue weighted by Gasteiger charge is 2.11.